The summed E-state index contributed by atoms with van der Waals surface area (Å²) in [6.07, 6.45) is 0. The summed E-state index contributed by atoms with van der Waals surface area (Å²) in [6.45, 7) is 13.0. The molecule has 2 aromatic carbocycles. The fourth-order valence-corrected chi connectivity index (χ4v) is 3.81. The Labute approximate surface area is 160 Å². The van der Waals surface area contributed by atoms with Crippen molar-refractivity contribution in [3.63, 3.8) is 0 Å². The highest BCUT2D eigenvalue weighted by atomic mass is 79.9. The van der Waals surface area contributed by atoms with Crippen molar-refractivity contribution in [2.75, 3.05) is 7.11 Å². The molecule has 0 saturated carbocycles. The first-order chi connectivity index (χ1) is 11.8. The topological polar surface area (TPSA) is 21.6 Å². The second kappa shape index (κ2) is 8.18. The summed E-state index contributed by atoms with van der Waals surface area (Å²) < 4.78 is 6.58. The lowest BCUT2D eigenvalue weighted by molar-refractivity contribution is 0.411. The van der Waals surface area contributed by atoms with Crippen LogP contribution in [-0.2, 0) is 0 Å². The zero-order valence-electron chi connectivity index (χ0n) is 16.3. The van der Waals surface area contributed by atoms with Gasteiger partial charge in [-0.3, -0.25) is 4.99 Å². The maximum absolute atomic E-state index is 5.62. The monoisotopic (exact) mass is 401 g/mol. The molecule has 0 unspecified atom stereocenters. The molecule has 0 spiro atoms. The number of methoxy groups -OCH3 is 1. The zero-order chi connectivity index (χ0) is 18.7. The lowest BCUT2D eigenvalue weighted by Crippen LogP contribution is -2.02. The van der Waals surface area contributed by atoms with Crippen molar-refractivity contribution >= 4 is 27.3 Å². The molecule has 0 amide bonds. The number of rotatable bonds is 5. The van der Waals surface area contributed by atoms with Crippen LogP contribution in [0.2, 0.25) is 0 Å². The largest absolute Gasteiger partial charge is 0.495 e. The summed E-state index contributed by atoms with van der Waals surface area (Å²) in [4.78, 5) is 5.08. The highest BCUT2D eigenvalue weighted by molar-refractivity contribution is 9.10. The van der Waals surface area contributed by atoms with E-state index in [1.54, 1.807) is 7.11 Å². The van der Waals surface area contributed by atoms with Crippen molar-refractivity contribution < 1.29 is 4.74 Å². The second-order valence-corrected chi connectivity index (χ2v) is 7.97. The van der Waals surface area contributed by atoms with Crippen molar-refractivity contribution in [3.05, 3.63) is 57.1 Å². The van der Waals surface area contributed by atoms with Crippen LogP contribution in [0.4, 0.5) is 5.69 Å². The Morgan fingerprint density at radius 3 is 2.08 bits per heavy atom. The molecular weight excluding hydrogens is 374 g/mol. The molecule has 3 heteroatoms. The van der Waals surface area contributed by atoms with Crippen LogP contribution in [0.25, 0.3) is 0 Å². The Kier molecular flexibility index (Phi) is 6.45. The number of hydrogen-bond acceptors (Lipinski definition) is 2. The molecule has 0 N–H and O–H groups in total. The number of aryl methyl sites for hydroxylation is 1. The zero-order valence-corrected chi connectivity index (χ0v) is 17.9. The van der Waals surface area contributed by atoms with Gasteiger partial charge in [0.25, 0.3) is 0 Å². The molecule has 134 valence electrons. The van der Waals surface area contributed by atoms with Crippen LogP contribution in [0.15, 0.2) is 39.8 Å². The van der Waals surface area contributed by atoms with E-state index in [9.17, 15) is 0 Å². The number of benzene rings is 2. The molecule has 0 aliphatic carbocycles. The minimum atomic E-state index is 0.427. The Morgan fingerprint density at radius 2 is 1.60 bits per heavy atom. The highest BCUT2D eigenvalue weighted by Crippen LogP contribution is 2.37. The molecule has 0 aromatic heterocycles. The Morgan fingerprint density at radius 1 is 1.04 bits per heavy atom. The van der Waals surface area contributed by atoms with E-state index in [1.807, 2.05) is 0 Å². The molecule has 2 aromatic rings. The molecule has 0 saturated heterocycles. The van der Waals surface area contributed by atoms with Gasteiger partial charge >= 0.3 is 0 Å². The number of nitrogens with zero attached hydrogens (tertiary/aromatic N) is 1. The van der Waals surface area contributed by atoms with Crippen LogP contribution in [0, 0.1) is 6.92 Å². The Bertz CT molecular complexity index is 765. The normalized spacial score (nSPS) is 12.2. The van der Waals surface area contributed by atoms with E-state index in [0.717, 1.165) is 27.2 Å². The lowest BCUT2D eigenvalue weighted by atomic mass is 9.92. The van der Waals surface area contributed by atoms with Gasteiger partial charge in [-0.15, -0.1) is 0 Å². The molecule has 0 radical (unpaired) electrons. The summed E-state index contributed by atoms with van der Waals surface area (Å²) >= 11 is 3.61. The van der Waals surface area contributed by atoms with Gasteiger partial charge in [0, 0.05) is 11.3 Å². The van der Waals surface area contributed by atoms with Gasteiger partial charge in [-0.1, -0.05) is 45.9 Å². The molecule has 25 heavy (non-hydrogen) atoms. The summed E-state index contributed by atoms with van der Waals surface area (Å²) in [5.74, 6) is 1.69. The third-order valence-electron chi connectivity index (χ3n) is 4.40. The average Bonchev–Trinajstić information content (AvgIpc) is 2.53. The minimum absolute atomic E-state index is 0.427. The van der Waals surface area contributed by atoms with Gasteiger partial charge in [0.05, 0.1) is 17.3 Å². The highest BCUT2D eigenvalue weighted by Gasteiger charge is 2.16. The molecule has 0 atom stereocenters. The van der Waals surface area contributed by atoms with E-state index in [0.29, 0.717) is 11.8 Å². The summed E-state index contributed by atoms with van der Waals surface area (Å²) in [5.41, 5.74) is 6.86. The van der Waals surface area contributed by atoms with Gasteiger partial charge in [0.1, 0.15) is 5.75 Å². The standard InChI is InChI=1S/C22H28BrNO/c1-13(2)17-9-8-10-18(14(3)4)21(17)24-16(6)19-11-15(5)12-20(23)22(19)25-7/h8-14H,1-7H3/b24-16+. The predicted octanol–water partition coefficient (Wildman–Crippen LogP) is 7.15. The van der Waals surface area contributed by atoms with Gasteiger partial charge in [-0.2, -0.15) is 0 Å². The first-order valence-electron chi connectivity index (χ1n) is 8.78. The van der Waals surface area contributed by atoms with Crippen LogP contribution < -0.4 is 4.74 Å². The minimum Gasteiger partial charge on any atom is -0.495 e. The molecule has 0 heterocycles. The van der Waals surface area contributed by atoms with Crippen LogP contribution in [0.5, 0.6) is 5.75 Å². The number of halogens is 1. The summed E-state index contributed by atoms with van der Waals surface area (Å²) in [5, 5.41) is 0. The summed E-state index contributed by atoms with van der Waals surface area (Å²) in [6, 6.07) is 10.7. The average molecular weight is 402 g/mol. The first-order valence-corrected chi connectivity index (χ1v) is 9.58. The van der Waals surface area contributed by atoms with E-state index >= 15 is 0 Å². The molecule has 0 aliphatic heterocycles. The van der Waals surface area contributed by atoms with Crippen LogP contribution in [-0.4, -0.2) is 12.8 Å². The SMILES string of the molecule is COc1c(Br)cc(C)cc1/C(C)=N/c1c(C(C)C)cccc1C(C)C. The maximum Gasteiger partial charge on any atom is 0.142 e. The lowest BCUT2D eigenvalue weighted by Gasteiger charge is -2.18. The molecule has 0 bridgehead atoms. The maximum atomic E-state index is 5.62. The van der Waals surface area contributed by atoms with Crippen molar-refractivity contribution in [1.82, 2.24) is 0 Å². The molecule has 2 rings (SSSR count). The van der Waals surface area contributed by atoms with Crippen molar-refractivity contribution in [1.29, 1.82) is 0 Å². The molecule has 0 aliphatic rings. The third kappa shape index (κ3) is 4.33. The van der Waals surface area contributed by atoms with Gasteiger partial charge in [0.15, 0.2) is 0 Å². The predicted molar refractivity (Wildman–Crippen MR) is 112 cm³/mol. The Balaban J connectivity index is 2.69. The molecule has 2 nitrogen and oxygen atoms in total. The van der Waals surface area contributed by atoms with Crippen molar-refractivity contribution in [2.45, 2.75) is 53.4 Å². The van der Waals surface area contributed by atoms with Crippen LogP contribution >= 0.6 is 15.9 Å². The van der Waals surface area contributed by atoms with Gasteiger partial charge in [-0.05, 0) is 70.4 Å². The molecule has 0 fully saturated rings. The van der Waals surface area contributed by atoms with Gasteiger partial charge in [-0.25, -0.2) is 0 Å². The number of aliphatic imine (C=N–C) groups is 1. The van der Waals surface area contributed by atoms with Crippen molar-refractivity contribution in [2.24, 2.45) is 4.99 Å². The van der Waals surface area contributed by atoms with Gasteiger partial charge in [0.2, 0.25) is 0 Å². The fourth-order valence-electron chi connectivity index (χ4n) is 3.07. The quantitative estimate of drug-likeness (QED) is 0.487. The van der Waals surface area contributed by atoms with Crippen LogP contribution in [0.3, 0.4) is 0 Å². The number of para-hydroxylation sites is 1. The smallest absolute Gasteiger partial charge is 0.142 e. The first kappa shape index (κ1) is 19.7. The second-order valence-electron chi connectivity index (χ2n) is 7.12. The van der Waals surface area contributed by atoms with E-state index in [4.69, 9.17) is 9.73 Å². The fraction of sp³-hybridized carbons (Fsp3) is 0.409. The van der Waals surface area contributed by atoms with E-state index in [2.05, 4.69) is 87.8 Å². The van der Waals surface area contributed by atoms with E-state index in [-0.39, 0.29) is 0 Å². The van der Waals surface area contributed by atoms with Crippen LogP contribution in [0.1, 0.15) is 68.7 Å². The Hall–Kier alpha value is -1.61. The van der Waals surface area contributed by atoms with E-state index < -0.39 is 0 Å². The van der Waals surface area contributed by atoms with Crippen molar-refractivity contribution in [3.8, 4) is 5.75 Å². The summed E-state index contributed by atoms with van der Waals surface area (Å²) in [7, 11) is 1.70. The number of ether oxygens (including phenoxy) is 1. The van der Waals surface area contributed by atoms with Gasteiger partial charge < -0.3 is 4.74 Å². The van der Waals surface area contributed by atoms with E-state index in [1.165, 1.54) is 16.7 Å². The molecular formula is C22H28BrNO. The number of hydrogen-bond donors (Lipinski definition) is 0. The third-order valence-corrected chi connectivity index (χ3v) is 4.99.